The molecule has 0 radical (unpaired) electrons. The van der Waals surface area contributed by atoms with Crippen molar-refractivity contribution in [1.29, 1.82) is 0 Å². The van der Waals surface area contributed by atoms with Crippen molar-refractivity contribution in [3.8, 4) is 0 Å². The molecule has 2 atom stereocenters. The lowest BCUT2D eigenvalue weighted by atomic mass is 10.1. The van der Waals surface area contributed by atoms with Gasteiger partial charge in [-0.3, -0.25) is 9.36 Å². The zero-order valence-electron chi connectivity index (χ0n) is 14.8. The van der Waals surface area contributed by atoms with E-state index in [-0.39, 0.29) is 18.2 Å². The summed E-state index contributed by atoms with van der Waals surface area (Å²) in [6.45, 7) is 2.55. The second-order valence-electron chi connectivity index (χ2n) is 6.33. The first-order valence-electron chi connectivity index (χ1n) is 8.55. The summed E-state index contributed by atoms with van der Waals surface area (Å²) in [7, 11) is 1.31. The predicted molar refractivity (Wildman–Crippen MR) is 98.7 cm³/mol. The van der Waals surface area contributed by atoms with Gasteiger partial charge in [0.1, 0.15) is 0 Å². The van der Waals surface area contributed by atoms with E-state index in [4.69, 9.17) is 9.47 Å². The molecule has 2 aromatic rings. The molecule has 1 N–H and O–H groups in total. The minimum absolute atomic E-state index is 0.147. The molecule has 1 saturated heterocycles. The summed E-state index contributed by atoms with van der Waals surface area (Å²) < 4.78 is 11.9. The predicted octanol–water partition coefficient (Wildman–Crippen LogP) is 1.83. The molecule has 0 unspecified atom stereocenters. The molecule has 26 heavy (non-hydrogen) atoms. The van der Waals surface area contributed by atoms with Crippen molar-refractivity contribution < 1.29 is 19.4 Å². The molecule has 8 heteroatoms. The molecule has 1 aromatic heterocycles. The summed E-state index contributed by atoms with van der Waals surface area (Å²) in [5.41, 5.74) is 0.548. The Labute approximate surface area is 155 Å². The van der Waals surface area contributed by atoms with Crippen LogP contribution in [0.2, 0.25) is 0 Å². The average Bonchev–Trinajstić information content (AvgIpc) is 3.14. The van der Waals surface area contributed by atoms with E-state index in [0.29, 0.717) is 27.4 Å². The lowest BCUT2D eigenvalue weighted by Crippen LogP contribution is -2.28. The molecule has 1 aromatic carbocycles. The van der Waals surface area contributed by atoms with Crippen LogP contribution in [0.1, 0.15) is 30.1 Å². The third kappa shape index (κ3) is 4.08. The van der Waals surface area contributed by atoms with Crippen LogP contribution in [0.5, 0.6) is 0 Å². The number of fused-ring (bicyclic) bond motifs is 1. The minimum atomic E-state index is -0.677. The van der Waals surface area contributed by atoms with Gasteiger partial charge in [-0.15, -0.1) is 0 Å². The summed E-state index contributed by atoms with van der Waals surface area (Å²) in [6, 6.07) is 4.68. The van der Waals surface area contributed by atoms with Crippen LogP contribution in [0, 0.1) is 0 Å². The fourth-order valence-electron chi connectivity index (χ4n) is 2.92. The first-order chi connectivity index (χ1) is 12.5. The number of aliphatic hydroxyl groups excluding tert-OH is 1. The third-order valence-corrected chi connectivity index (χ3v) is 5.32. The SMILES string of the molecule is COC(=O)c1ccc2c(=O)n(C[C@@H](C)O)c(SC[C@H]3CCCO3)nc2c1. The second-order valence-corrected chi connectivity index (χ2v) is 7.32. The molecule has 2 heterocycles. The van der Waals surface area contributed by atoms with E-state index < -0.39 is 12.1 Å². The van der Waals surface area contributed by atoms with Crippen molar-refractivity contribution in [2.45, 2.75) is 43.7 Å². The third-order valence-electron chi connectivity index (χ3n) is 4.21. The molecule has 0 aliphatic carbocycles. The van der Waals surface area contributed by atoms with E-state index >= 15 is 0 Å². The van der Waals surface area contributed by atoms with Crippen molar-refractivity contribution in [3.05, 3.63) is 34.1 Å². The van der Waals surface area contributed by atoms with Crippen LogP contribution in [-0.2, 0) is 16.0 Å². The highest BCUT2D eigenvalue weighted by molar-refractivity contribution is 7.99. The number of thioether (sulfide) groups is 1. The highest BCUT2D eigenvalue weighted by Gasteiger charge is 2.19. The maximum absolute atomic E-state index is 12.9. The molecule has 0 amide bonds. The standard InChI is InChI=1S/C18H22N2O5S/c1-11(21)9-20-16(22)14-6-5-12(17(23)24-2)8-15(14)19-18(20)26-10-13-4-3-7-25-13/h5-6,8,11,13,21H,3-4,7,9-10H2,1-2H3/t11-,13-/m1/s1. The first-order valence-corrected chi connectivity index (χ1v) is 9.53. The topological polar surface area (TPSA) is 90.7 Å². The number of ether oxygens (including phenoxy) is 2. The Kier molecular flexibility index (Phi) is 5.95. The molecular weight excluding hydrogens is 356 g/mol. The Morgan fingerprint density at radius 1 is 1.54 bits per heavy atom. The zero-order chi connectivity index (χ0) is 18.7. The molecule has 3 rings (SSSR count). The minimum Gasteiger partial charge on any atom is -0.465 e. The molecule has 7 nitrogen and oxygen atoms in total. The summed E-state index contributed by atoms with van der Waals surface area (Å²) in [6.07, 6.45) is 1.50. The first kappa shape index (κ1) is 18.9. The number of methoxy groups -OCH3 is 1. The van der Waals surface area contributed by atoms with Crippen LogP contribution in [0.25, 0.3) is 10.9 Å². The van der Waals surface area contributed by atoms with Gasteiger partial charge in [-0.25, -0.2) is 9.78 Å². The van der Waals surface area contributed by atoms with Gasteiger partial charge in [0.15, 0.2) is 5.16 Å². The number of aromatic nitrogens is 2. The maximum Gasteiger partial charge on any atom is 0.337 e. The number of hydrogen-bond acceptors (Lipinski definition) is 7. The summed E-state index contributed by atoms with van der Waals surface area (Å²) in [5.74, 6) is 0.212. The smallest absolute Gasteiger partial charge is 0.337 e. The zero-order valence-corrected chi connectivity index (χ0v) is 15.6. The van der Waals surface area contributed by atoms with Gasteiger partial charge in [-0.1, -0.05) is 11.8 Å². The number of carbonyl (C=O) groups is 1. The number of nitrogens with zero attached hydrogens (tertiary/aromatic N) is 2. The Balaban J connectivity index is 2.02. The largest absolute Gasteiger partial charge is 0.465 e. The highest BCUT2D eigenvalue weighted by atomic mass is 32.2. The lowest BCUT2D eigenvalue weighted by Gasteiger charge is -2.16. The van der Waals surface area contributed by atoms with Gasteiger partial charge in [0.2, 0.25) is 0 Å². The van der Waals surface area contributed by atoms with Crippen molar-refractivity contribution >= 4 is 28.6 Å². The van der Waals surface area contributed by atoms with Gasteiger partial charge >= 0.3 is 5.97 Å². The quantitative estimate of drug-likeness (QED) is 0.466. The molecule has 140 valence electrons. The van der Waals surface area contributed by atoms with Crippen LogP contribution in [-0.4, -0.2) is 52.3 Å². The van der Waals surface area contributed by atoms with Crippen LogP contribution in [0.3, 0.4) is 0 Å². The van der Waals surface area contributed by atoms with Crippen LogP contribution < -0.4 is 5.56 Å². The lowest BCUT2D eigenvalue weighted by molar-refractivity contribution is 0.0601. The normalized spacial score (nSPS) is 18.2. The molecule has 0 spiro atoms. The summed E-state index contributed by atoms with van der Waals surface area (Å²) >= 11 is 1.43. The Morgan fingerprint density at radius 2 is 2.35 bits per heavy atom. The molecule has 0 bridgehead atoms. The van der Waals surface area contributed by atoms with Crippen molar-refractivity contribution in [3.63, 3.8) is 0 Å². The Bertz CT molecular complexity index is 859. The molecule has 0 saturated carbocycles. The monoisotopic (exact) mass is 378 g/mol. The van der Waals surface area contributed by atoms with E-state index in [0.717, 1.165) is 19.4 Å². The molecule has 1 aliphatic rings. The fourth-order valence-corrected chi connectivity index (χ4v) is 4.00. The van der Waals surface area contributed by atoms with Crippen molar-refractivity contribution in [2.75, 3.05) is 19.5 Å². The number of rotatable bonds is 6. The number of carbonyl (C=O) groups excluding carboxylic acids is 1. The van der Waals surface area contributed by atoms with Gasteiger partial charge in [0.05, 0.1) is 42.3 Å². The van der Waals surface area contributed by atoms with Gasteiger partial charge < -0.3 is 14.6 Å². The van der Waals surface area contributed by atoms with Gasteiger partial charge in [0.25, 0.3) is 5.56 Å². The fraction of sp³-hybridized carbons (Fsp3) is 0.500. The van der Waals surface area contributed by atoms with Gasteiger partial charge in [-0.2, -0.15) is 0 Å². The van der Waals surface area contributed by atoms with E-state index in [9.17, 15) is 14.7 Å². The van der Waals surface area contributed by atoms with Crippen LogP contribution in [0.4, 0.5) is 0 Å². The Morgan fingerprint density at radius 3 is 3.00 bits per heavy atom. The summed E-state index contributed by atoms with van der Waals surface area (Å²) in [5, 5.41) is 10.7. The molecule has 1 aliphatic heterocycles. The Hall–Kier alpha value is -1.90. The van der Waals surface area contributed by atoms with Gasteiger partial charge in [0, 0.05) is 12.4 Å². The second kappa shape index (κ2) is 8.20. The number of esters is 1. The highest BCUT2D eigenvalue weighted by Crippen LogP contribution is 2.24. The van der Waals surface area contributed by atoms with E-state index in [1.807, 2.05) is 0 Å². The van der Waals surface area contributed by atoms with Gasteiger partial charge in [-0.05, 0) is 38.0 Å². The van der Waals surface area contributed by atoms with E-state index in [1.54, 1.807) is 25.1 Å². The number of benzene rings is 1. The van der Waals surface area contributed by atoms with Crippen molar-refractivity contribution in [2.24, 2.45) is 0 Å². The van der Waals surface area contributed by atoms with Crippen molar-refractivity contribution in [1.82, 2.24) is 9.55 Å². The summed E-state index contributed by atoms with van der Waals surface area (Å²) in [4.78, 5) is 29.2. The molecule has 1 fully saturated rings. The van der Waals surface area contributed by atoms with Crippen LogP contribution >= 0.6 is 11.8 Å². The number of aliphatic hydroxyl groups is 1. The van der Waals surface area contributed by atoms with E-state index in [1.165, 1.54) is 23.4 Å². The van der Waals surface area contributed by atoms with Crippen LogP contribution in [0.15, 0.2) is 28.2 Å². The van der Waals surface area contributed by atoms with E-state index in [2.05, 4.69) is 4.98 Å². The molecular formula is C18H22N2O5S. The maximum atomic E-state index is 12.9. The number of hydrogen-bond donors (Lipinski definition) is 1. The average molecular weight is 378 g/mol.